The van der Waals surface area contributed by atoms with Crippen molar-refractivity contribution in [1.82, 2.24) is 5.32 Å². The van der Waals surface area contributed by atoms with Crippen LogP contribution in [-0.4, -0.2) is 6.54 Å². The molecular weight excluding hydrogens is 259 g/mol. The number of hydrogen-bond acceptors (Lipinski definition) is 1. The van der Waals surface area contributed by atoms with Gasteiger partial charge in [-0.05, 0) is 27.6 Å². The third kappa shape index (κ3) is 1.44. The zero-order chi connectivity index (χ0) is 10.3. The Morgan fingerprint density at radius 3 is 2.79 bits per heavy atom. The Morgan fingerprint density at radius 2 is 2.07 bits per heavy atom. The summed E-state index contributed by atoms with van der Waals surface area (Å²) in [6.45, 7) is -0.0914. The molecule has 0 fully saturated rings. The molecule has 0 aliphatic carbocycles. The van der Waals surface area contributed by atoms with Crippen molar-refractivity contribution in [1.29, 1.82) is 0 Å². The lowest BCUT2D eigenvalue weighted by molar-refractivity contribution is -0.0119. The Bertz CT molecular complexity index is 379. The second-order valence-electron chi connectivity index (χ2n) is 3.20. The summed E-state index contributed by atoms with van der Waals surface area (Å²) in [7, 11) is 0. The number of rotatable bonds is 0. The third-order valence-electron chi connectivity index (χ3n) is 2.21. The summed E-state index contributed by atoms with van der Waals surface area (Å²) in [6.07, 6.45) is 0. The predicted octanol–water partition coefficient (Wildman–Crippen LogP) is 2.78. The summed E-state index contributed by atoms with van der Waals surface area (Å²) >= 11 is 2.86. The largest absolute Gasteiger partial charge is 0.307 e. The monoisotopic (exact) mass is 265 g/mol. The van der Waals surface area contributed by atoms with Crippen molar-refractivity contribution in [3.8, 4) is 0 Å². The van der Waals surface area contributed by atoms with E-state index in [1.165, 1.54) is 12.1 Å². The molecule has 0 aromatic heterocycles. The van der Waals surface area contributed by atoms with E-state index in [9.17, 15) is 13.2 Å². The molecule has 14 heavy (non-hydrogen) atoms. The van der Waals surface area contributed by atoms with Crippen molar-refractivity contribution in [2.24, 2.45) is 0 Å². The summed E-state index contributed by atoms with van der Waals surface area (Å²) in [6, 6.07) is 2.57. The van der Waals surface area contributed by atoms with Gasteiger partial charge in [0.25, 0.3) is 5.92 Å². The number of halogens is 4. The minimum Gasteiger partial charge on any atom is -0.307 e. The van der Waals surface area contributed by atoms with Gasteiger partial charge in [-0.3, -0.25) is 0 Å². The van der Waals surface area contributed by atoms with Gasteiger partial charge in [-0.2, -0.15) is 8.78 Å². The highest BCUT2D eigenvalue weighted by atomic mass is 79.9. The number of benzene rings is 1. The number of fused-ring (bicyclic) bond motifs is 1. The summed E-state index contributed by atoms with van der Waals surface area (Å²) in [5.74, 6) is -3.65. The van der Waals surface area contributed by atoms with E-state index in [-0.39, 0.29) is 10.0 Å². The zero-order valence-electron chi connectivity index (χ0n) is 7.08. The quantitative estimate of drug-likeness (QED) is 0.761. The van der Waals surface area contributed by atoms with Crippen LogP contribution in [0.15, 0.2) is 16.6 Å². The van der Waals surface area contributed by atoms with E-state index in [1.807, 2.05) is 0 Å². The Balaban J connectivity index is 2.66. The molecule has 5 heteroatoms. The fraction of sp³-hybridized carbons (Fsp3) is 0.333. The minimum absolute atomic E-state index is 0.124. The second-order valence-corrected chi connectivity index (χ2v) is 4.00. The van der Waals surface area contributed by atoms with E-state index in [0.717, 1.165) is 0 Å². The minimum atomic E-state index is -3.01. The third-order valence-corrected chi connectivity index (χ3v) is 2.98. The lowest BCUT2D eigenvalue weighted by Crippen LogP contribution is -2.37. The maximum Gasteiger partial charge on any atom is 0.286 e. The van der Waals surface area contributed by atoms with E-state index >= 15 is 0 Å². The molecule has 1 aliphatic rings. The van der Waals surface area contributed by atoms with Gasteiger partial charge in [0.2, 0.25) is 0 Å². The van der Waals surface area contributed by atoms with Gasteiger partial charge < -0.3 is 5.32 Å². The van der Waals surface area contributed by atoms with Crippen LogP contribution in [0.3, 0.4) is 0 Å². The van der Waals surface area contributed by atoms with Crippen molar-refractivity contribution in [3.05, 3.63) is 33.5 Å². The Kier molecular flexibility index (Phi) is 2.31. The van der Waals surface area contributed by atoms with Crippen molar-refractivity contribution < 1.29 is 13.2 Å². The Hall–Kier alpha value is -0.550. The first-order valence-corrected chi connectivity index (χ1v) is 4.87. The van der Waals surface area contributed by atoms with Gasteiger partial charge in [-0.15, -0.1) is 0 Å². The molecular formula is C9H7BrF3N. The summed E-state index contributed by atoms with van der Waals surface area (Å²) in [5.41, 5.74) is 0.214. The first kappa shape index (κ1) is 9.98. The smallest absolute Gasteiger partial charge is 0.286 e. The van der Waals surface area contributed by atoms with Gasteiger partial charge >= 0.3 is 0 Å². The molecule has 1 aromatic carbocycles. The molecule has 0 saturated carbocycles. The van der Waals surface area contributed by atoms with Crippen LogP contribution >= 0.6 is 15.9 Å². The second kappa shape index (κ2) is 3.24. The Morgan fingerprint density at radius 1 is 1.36 bits per heavy atom. The zero-order valence-corrected chi connectivity index (χ0v) is 8.67. The SMILES string of the molecule is Fc1ccc2c(c1Br)C(F)(F)CNC2. The topological polar surface area (TPSA) is 12.0 Å². The summed E-state index contributed by atoms with van der Waals surface area (Å²) in [4.78, 5) is 0. The highest BCUT2D eigenvalue weighted by molar-refractivity contribution is 9.10. The van der Waals surface area contributed by atoms with Crippen molar-refractivity contribution in [2.75, 3.05) is 6.54 Å². The van der Waals surface area contributed by atoms with Gasteiger partial charge in [-0.1, -0.05) is 6.07 Å². The highest BCUT2D eigenvalue weighted by Gasteiger charge is 2.39. The maximum absolute atomic E-state index is 13.4. The van der Waals surface area contributed by atoms with Crippen LogP contribution in [-0.2, 0) is 12.5 Å². The van der Waals surface area contributed by atoms with Gasteiger partial charge in [0, 0.05) is 12.1 Å². The van der Waals surface area contributed by atoms with Crippen LogP contribution in [0.2, 0.25) is 0 Å². The first-order chi connectivity index (χ1) is 6.52. The van der Waals surface area contributed by atoms with Crippen LogP contribution in [0.5, 0.6) is 0 Å². The molecule has 1 N–H and O–H groups in total. The van der Waals surface area contributed by atoms with E-state index in [1.54, 1.807) is 0 Å². The molecule has 0 bridgehead atoms. The van der Waals surface area contributed by atoms with E-state index in [4.69, 9.17) is 0 Å². The van der Waals surface area contributed by atoms with Gasteiger partial charge in [0.1, 0.15) is 5.82 Å². The molecule has 2 rings (SSSR count). The van der Waals surface area contributed by atoms with Gasteiger partial charge in [0.15, 0.2) is 0 Å². The average molecular weight is 266 g/mol. The molecule has 0 radical (unpaired) electrons. The predicted molar refractivity (Wildman–Crippen MR) is 49.7 cm³/mol. The summed E-state index contributed by atoms with van der Waals surface area (Å²) < 4.78 is 39.7. The fourth-order valence-electron chi connectivity index (χ4n) is 1.58. The van der Waals surface area contributed by atoms with Crippen molar-refractivity contribution in [3.63, 3.8) is 0 Å². The molecule has 1 heterocycles. The lowest BCUT2D eigenvalue weighted by atomic mass is 9.98. The van der Waals surface area contributed by atoms with Crippen LogP contribution in [0, 0.1) is 5.82 Å². The molecule has 0 amide bonds. The fourth-order valence-corrected chi connectivity index (χ4v) is 2.25. The number of alkyl halides is 2. The van der Waals surface area contributed by atoms with E-state index in [2.05, 4.69) is 21.2 Å². The standard InChI is InChI=1S/C9H7BrF3N/c10-8-6(11)2-1-5-3-14-4-9(12,13)7(5)8/h1-2,14H,3-4H2. The molecule has 1 nitrogen and oxygen atoms in total. The molecule has 0 atom stereocenters. The molecule has 0 unspecified atom stereocenters. The van der Waals surface area contributed by atoms with Crippen molar-refractivity contribution >= 4 is 15.9 Å². The molecule has 0 saturated heterocycles. The molecule has 0 spiro atoms. The molecule has 1 aliphatic heterocycles. The lowest BCUT2D eigenvalue weighted by Gasteiger charge is -2.27. The van der Waals surface area contributed by atoms with Crippen LogP contribution in [0.25, 0.3) is 0 Å². The maximum atomic E-state index is 13.4. The number of nitrogens with one attached hydrogen (secondary N) is 1. The molecule has 1 aromatic rings. The van der Waals surface area contributed by atoms with Crippen molar-refractivity contribution in [2.45, 2.75) is 12.5 Å². The van der Waals surface area contributed by atoms with Crippen LogP contribution in [0.4, 0.5) is 13.2 Å². The summed E-state index contributed by atoms with van der Waals surface area (Å²) in [5, 5.41) is 2.58. The van der Waals surface area contributed by atoms with Crippen LogP contribution in [0.1, 0.15) is 11.1 Å². The first-order valence-electron chi connectivity index (χ1n) is 4.08. The van der Waals surface area contributed by atoms with Gasteiger partial charge in [-0.25, -0.2) is 4.39 Å². The van der Waals surface area contributed by atoms with E-state index < -0.39 is 18.3 Å². The molecule has 76 valence electrons. The van der Waals surface area contributed by atoms with E-state index in [0.29, 0.717) is 12.1 Å². The highest BCUT2D eigenvalue weighted by Crippen LogP contribution is 2.39. The van der Waals surface area contributed by atoms with Crippen LogP contribution < -0.4 is 5.32 Å². The Labute approximate surface area is 87.4 Å². The van der Waals surface area contributed by atoms with Gasteiger partial charge in [0.05, 0.1) is 11.0 Å². The average Bonchev–Trinajstić information content (AvgIpc) is 2.10. The number of hydrogen-bond donors (Lipinski definition) is 1. The normalized spacial score (nSPS) is 19.1.